The third-order valence-electron chi connectivity index (χ3n) is 2.64. The lowest BCUT2D eigenvalue weighted by atomic mass is 10.2. The topological polar surface area (TPSA) is 12.9 Å². The summed E-state index contributed by atoms with van der Waals surface area (Å²) in [6, 6.07) is 6.25. The normalized spacial score (nSPS) is 12.7. The van der Waals surface area contributed by atoms with E-state index in [4.69, 9.17) is 0 Å². The number of hydrogen-bond acceptors (Lipinski definition) is 1. The number of aromatic nitrogens is 1. The van der Waals surface area contributed by atoms with Gasteiger partial charge in [-0.25, -0.2) is 0 Å². The molecule has 0 saturated heterocycles. The zero-order chi connectivity index (χ0) is 10.9. The smallest absolute Gasteiger partial charge is 0.0628 e. The lowest BCUT2D eigenvalue weighted by Gasteiger charge is -2.10. The van der Waals surface area contributed by atoms with Crippen LogP contribution < -0.4 is 5.44 Å². The molecule has 0 aromatic carbocycles. The fraction of sp³-hybridized carbons (Fsp3) is 0.615. The number of pyridine rings is 1. The maximum absolute atomic E-state index is 4.42. The molecule has 2 heteroatoms. The van der Waals surface area contributed by atoms with Crippen LogP contribution in [0.4, 0.5) is 0 Å². The fourth-order valence-corrected chi connectivity index (χ4v) is 3.18. The van der Waals surface area contributed by atoms with Crippen LogP contribution in [0.1, 0.15) is 39.0 Å². The molecule has 0 aliphatic rings. The molecule has 0 bridgehead atoms. The van der Waals surface area contributed by atoms with E-state index in [1.807, 2.05) is 12.3 Å². The third-order valence-corrected chi connectivity index (χ3v) is 4.67. The second-order valence-electron chi connectivity index (χ2n) is 4.02. The van der Waals surface area contributed by atoms with Gasteiger partial charge in [0.2, 0.25) is 0 Å². The predicted octanol–water partition coefficient (Wildman–Crippen LogP) is 3.79. The summed E-state index contributed by atoms with van der Waals surface area (Å²) >= 11 is 0. The molecule has 0 N–H and O–H groups in total. The van der Waals surface area contributed by atoms with Gasteiger partial charge >= 0.3 is 0 Å². The maximum atomic E-state index is 4.42. The summed E-state index contributed by atoms with van der Waals surface area (Å²) in [4.78, 5) is 4.42. The van der Waals surface area contributed by atoms with Gasteiger partial charge in [0.15, 0.2) is 0 Å². The molecule has 0 aliphatic carbocycles. The monoisotopic (exact) mass is 223 g/mol. The Labute approximate surface area is 95.1 Å². The number of hydrogen-bond donors (Lipinski definition) is 0. The van der Waals surface area contributed by atoms with Gasteiger partial charge in [0.25, 0.3) is 0 Å². The summed E-state index contributed by atoms with van der Waals surface area (Å²) in [5.41, 5.74) is 1.31. The van der Waals surface area contributed by atoms with Crippen LogP contribution in [0.2, 0.25) is 0 Å². The van der Waals surface area contributed by atoms with E-state index >= 15 is 0 Å². The van der Waals surface area contributed by atoms with E-state index in [0.717, 1.165) is 0 Å². The first kappa shape index (κ1) is 12.6. The van der Waals surface area contributed by atoms with E-state index < -0.39 is 0 Å². The summed E-state index contributed by atoms with van der Waals surface area (Å²) in [6.07, 6.45) is 10.2. The average molecular weight is 223 g/mol. The van der Waals surface area contributed by atoms with Crippen LogP contribution in [-0.2, 0) is 0 Å². The summed E-state index contributed by atoms with van der Waals surface area (Å²) in [5.74, 6) is 0. The number of nitrogens with zero attached hydrogens (tertiary/aromatic N) is 1. The van der Waals surface area contributed by atoms with E-state index in [9.17, 15) is 0 Å². The first-order valence-corrected chi connectivity index (χ1v) is 7.94. The Kier molecular flexibility index (Phi) is 6.59. The van der Waals surface area contributed by atoms with E-state index in [-0.39, 0.29) is 7.92 Å². The zero-order valence-electron chi connectivity index (χ0n) is 9.95. The molecule has 1 unspecified atom stereocenters. The summed E-state index contributed by atoms with van der Waals surface area (Å²) in [5, 5.41) is 0. The molecule has 1 atom stereocenters. The van der Waals surface area contributed by atoms with Crippen LogP contribution in [0.25, 0.3) is 0 Å². The number of rotatable bonds is 7. The largest absolute Gasteiger partial charge is 0.257 e. The standard InChI is InChI=1S/C13H22NP/c1-3-4-5-6-9-12-15(2)13-10-7-8-11-14-13/h7-8,10-11H,3-6,9,12H2,1-2H3. The van der Waals surface area contributed by atoms with Crippen molar-refractivity contribution in [3.8, 4) is 0 Å². The molecule has 84 valence electrons. The molecule has 1 heterocycles. The molecule has 0 fully saturated rings. The third kappa shape index (κ3) is 5.28. The van der Waals surface area contributed by atoms with Crippen molar-refractivity contribution in [1.29, 1.82) is 0 Å². The van der Waals surface area contributed by atoms with Gasteiger partial charge in [-0.1, -0.05) is 46.6 Å². The van der Waals surface area contributed by atoms with Gasteiger partial charge < -0.3 is 0 Å². The Morgan fingerprint density at radius 1 is 1.13 bits per heavy atom. The van der Waals surface area contributed by atoms with E-state index in [1.165, 1.54) is 43.7 Å². The van der Waals surface area contributed by atoms with Crippen molar-refractivity contribution in [1.82, 2.24) is 4.98 Å². The Balaban J connectivity index is 2.16. The van der Waals surface area contributed by atoms with Gasteiger partial charge in [-0.2, -0.15) is 0 Å². The van der Waals surface area contributed by atoms with Crippen molar-refractivity contribution in [3.63, 3.8) is 0 Å². The molecular formula is C13H22NP. The van der Waals surface area contributed by atoms with Crippen molar-refractivity contribution < 1.29 is 0 Å². The van der Waals surface area contributed by atoms with Crippen LogP contribution in [-0.4, -0.2) is 17.8 Å². The molecule has 1 aromatic heterocycles. The Morgan fingerprint density at radius 3 is 2.60 bits per heavy atom. The van der Waals surface area contributed by atoms with Crippen molar-refractivity contribution in [2.75, 3.05) is 12.8 Å². The lowest BCUT2D eigenvalue weighted by Crippen LogP contribution is -2.06. The highest BCUT2D eigenvalue weighted by atomic mass is 31.1. The van der Waals surface area contributed by atoms with Crippen molar-refractivity contribution in [2.24, 2.45) is 0 Å². The van der Waals surface area contributed by atoms with Crippen LogP contribution in [0, 0.1) is 0 Å². The van der Waals surface area contributed by atoms with Gasteiger partial charge in [-0.3, -0.25) is 4.98 Å². The Morgan fingerprint density at radius 2 is 1.93 bits per heavy atom. The highest BCUT2D eigenvalue weighted by Crippen LogP contribution is 2.29. The zero-order valence-corrected chi connectivity index (χ0v) is 10.8. The molecule has 1 rings (SSSR count). The molecule has 0 aliphatic heterocycles. The summed E-state index contributed by atoms with van der Waals surface area (Å²) < 4.78 is 0. The molecule has 15 heavy (non-hydrogen) atoms. The quantitative estimate of drug-likeness (QED) is 0.506. The Hall–Kier alpha value is -0.420. The highest BCUT2D eigenvalue weighted by molar-refractivity contribution is 7.64. The van der Waals surface area contributed by atoms with E-state index in [1.54, 1.807) is 0 Å². The van der Waals surface area contributed by atoms with Crippen LogP contribution in [0.15, 0.2) is 24.4 Å². The van der Waals surface area contributed by atoms with Gasteiger partial charge in [0.05, 0.1) is 5.44 Å². The molecule has 1 aromatic rings. The first-order valence-electron chi connectivity index (χ1n) is 5.96. The average Bonchev–Trinajstić information content (AvgIpc) is 2.30. The van der Waals surface area contributed by atoms with Crippen LogP contribution in [0.5, 0.6) is 0 Å². The second kappa shape index (κ2) is 7.82. The highest BCUT2D eigenvalue weighted by Gasteiger charge is 2.04. The molecule has 0 amide bonds. The maximum Gasteiger partial charge on any atom is 0.0628 e. The van der Waals surface area contributed by atoms with Gasteiger partial charge in [-0.15, -0.1) is 0 Å². The minimum atomic E-state index is -0.00766. The SMILES string of the molecule is CCCCCCCP(C)c1ccccn1. The number of unbranched alkanes of at least 4 members (excludes halogenated alkanes) is 4. The lowest BCUT2D eigenvalue weighted by molar-refractivity contribution is 0.658. The van der Waals surface area contributed by atoms with Crippen LogP contribution in [0.3, 0.4) is 0 Å². The molecule has 0 radical (unpaired) electrons. The van der Waals surface area contributed by atoms with Crippen molar-refractivity contribution >= 4 is 13.4 Å². The summed E-state index contributed by atoms with van der Waals surface area (Å²) in [7, 11) is -0.00766. The van der Waals surface area contributed by atoms with Crippen LogP contribution >= 0.6 is 7.92 Å². The van der Waals surface area contributed by atoms with Gasteiger partial charge in [-0.05, 0) is 31.4 Å². The predicted molar refractivity (Wildman–Crippen MR) is 70.3 cm³/mol. The minimum absolute atomic E-state index is 0.00766. The summed E-state index contributed by atoms with van der Waals surface area (Å²) in [6.45, 7) is 4.61. The molecule has 1 nitrogen and oxygen atoms in total. The first-order chi connectivity index (χ1) is 7.34. The molecular weight excluding hydrogens is 201 g/mol. The fourth-order valence-electron chi connectivity index (χ4n) is 1.65. The van der Waals surface area contributed by atoms with Crippen molar-refractivity contribution in [2.45, 2.75) is 39.0 Å². The van der Waals surface area contributed by atoms with E-state index in [0.29, 0.717) is 0 Å². The molecule has 0 saturated carbocycles. The van der Waals surface area contributed by atoms with Gasteiger partial charge in [0, 0.05) is 6.20 Å². The Bertz CT molecular complexity index is 248. The minimum Gasteiger partial charge on any atom is -0.257 e. The van der Waals surface area contributed by atoms with Crippen molar-refractivity contribution in [3.05, 3.63) is 24.4 Å². The second-order valence-corrected chi connectivity index (χ2v) is 6.33. The van der Waals surface area contributed by atoms with E-state index in [2.05, 4.69) is 30.7 Å². The molecule has 0 spiro atoms. The van der Waals surface area contributed by atoms with Gasteiger partial charge in [0.1, 0.15) is 0 Å².